The molecule has 24 heavy (non-hydrogen) atoms. The van der Waals surface area contributed by atoms with Crippen molar-refractivity contribution in [3.8, 4) is 0 Å². The minimum atomic E-state index is -0.0675. The summed E-state index contributed by atoms with van der Waals surface area (Å²) in [5, 5.41) is 4.70. The molecule has 2 aliphatic rings. The topological polar surface area (TPSA) is 60.5 Å². The Bertz CT molecular complexity index is 703. The maximum absolute atomic E-state index is 12.6. The van der Waals surface area contributed by atoms with E-state index < -0.39 is 0 Å². The third-order valence-electron chi connectivity index (χ3n) is 4.77. The van der Waals surface area contributed by atoms with Crippen LogP contribution in [0.15, 0.2) is 29.0 Å². The van der Waals surface area contributed by atoms with E-state index in [4.69, 9.17) is 14.3 Å². The normalized spacial score (nSPS) is 20.2. The molecule has 1 saturated carbocycles. The highest BCUT2D eigenvalue weighted by molar-refractivity contribution is 5.91. The Morgan fingerprint density at radius 2 is 2.29 bits per heavy atom. The number of aryl methyl sites for hydroxylation is 1. The van der Waals surface area contributed by atoms with Crippen LogP contribution in [0.25, 0.3) is 0 Å². The standard InChI is InChI=1S/C18H23N3O3/c1-2-21-10-14-8-20(18(22)16-4-3-7-24-16)9-15(17(14)19-21)12-23-11-13-5-6-13/h3-4,7,10,13,15H,2,5-6,8-9,11-12H2,1H3/t15-/m0/s1. The monoisotopic (exact) mass is 329 g/mol. The van der Waals surface area contributed by atoms with Gasteiger partial charge in [0.25, 0.3) is 5.91 Å². The molecule has 6 nitrogen and oxygen atoms in total. The number of carbonyl (C=O) groups excluding carboxylic acids is 1. The zero-order chi connectivity index (χ0) is 16.5. The largest absolute Gasteiger partial charge is 0.459 e. The van der Waals surface area contributed by atoms with Gasteiger partial charge in [-0.25, -0.2) is 0 Å². The van der Waals surface area contributed by atoms with Gasteiger partial charge in [-0.05, 0) is 37.8 Å². The van der Waals surface area contributed by atoms with E-state index in [1.807, 2.05) is 15.8 Å². The smallest absolute Gasteiger partial charge is 0.289 e. The Morgan fingerprint density at radius 3 is 3.00 bits per heavy atom. The fourth-order valence-electron chi connectivity index (χ4n) is 3.23. The number of aromatic nitrogens is 2. The van der Waals surface area contributed by atoms with Crippen LogP contribution in [-0.4, -0.2) is 40.3 Å². The van der Waals surface area contributed by atoms with E-state index in [2.05, 4.69) is 6.92 Å². The predicted octanol–water partition coefficient (Wildman–Crippen LogP) is 2.66. The molecule has 3 heterocycles. The molecule has 128 valence electrons. The molecule has 0 saturated heterocycles. The van der Waals surface area contributed by atoms with Gasteiger partial charge in [-0.15, -0.1) is 0 Å². The van der Waals surface area contributed by atoms with Gasteiger partial charge in [0.2, 0.25) is 0 Å². The first-order chi connectivity index (χ1) is 11.7. The lowest BCUT2D eigenvalue weighted by Gasteiger charge is -2.31. The Morgan fingerprint density at radius 1 is 1.42 bits per heavy atom. The van der Waals surface area contributed by atoms with Crippen molar-refractivity contribution in [2.75, 3.05) is 19.8 Å². The Balaban J connectivity index is 1.52. The lowest BCUT2D eigenvalue weighted by Crippen LogP contribution is -2.39. The van der Waals surface area contributed by atoms with E-state index >= 15 is 0 Å². The fraction of sp³-hybridized carbons (Fsp3) is 0.556. The van der Waals surface area contributed by atoms with Crippen molar-refractivity contribution in [2.45, 2.75) is 38.8 Å². The molecular weight excluding hydrogens is 306 g/mol. The van der Waals surface area contributed by atoms with Crippen molar-refractivity contribution in [1.82, 2.24) is 14.7 Å². The van der Waals surface area contributed by atoms with Gasteiger partial charge in [0, 0.05) is 43.9 Å². The highest BCUT2D eigenvalue weighted by Gasteiger charge is 2.33. The minimum Gasteiger partial charge on any atom is -0.459 e. The molecule has 0 aromatic carbocycles. The van der Waals surface area contributed by atoms with E-state index in [-0.39, 0.29) is 11.8 Å². The third-order valence-corrected chi connectivity index (χ3v) is 4.77. The number of furan rings is 1. The van der Waals surface area contributed by atoms with Crippen LogP contribution in [0.3, 0.4) is 0 Å². The Kier molecular flexibility index (Phi) is 4.14. The van der Waals surface area contributed by atoms with Crippen LogP contribution in [0.4, 0.5) is 0 Å². The molecular formula is C18H23N3O3. The van der Waals surface area contributed by atoms with Crippen LogP contribution < -0.4 is 0 Å². The number of hydrogen-bond acceptors (Lipinski definition) is 4. The molecule has 0 N–H and O–H groups in total. The molecule has 0 unspecified atom stereocenters. The van der Waals surface area contributed by atoms with Crippen molar-refractivity contribution in [1.29, 1.82) is 0 Å². The zero-order valence-electron chi connectivity index (χ0n) is 14.0. The summed E-state index contributed by atoms with van der Waals surface area (Å²) in [6.07, 6.45) is 6.14. The second kappa shape index (κ2) is 6.43. The van der Waals surface area contributed by atoms with Gasteiger partial charge in [0.05, 0.1) is 18.6 Å². The van der Waals surface area contributed by atoms with Gasteiger partial charge in [-0.1, -0.05) is 0 Å². The van der Waals surface area contributed by atoms with Crippen molar-refractivity contribution in [3.63, 3.8) is 0 Å². The molecule has 1 fully saturated rings. The van der Waals surface area contributed by atoms with Crippen molar-refractivity contribution in [3.05, 3.63) is 41.6 Å². The average molecular weight is 329 g/mol. The SMILES string of the molecule is CCn1cc2c(n1)[C@H](COCC1CC1)CN(C(=O)c1ccco1)C2. The van der Waals surface area contributed by atoms with Gasteiger partial charge < -0.3 is 14.1 Å². The van der Waals surface area contributed by atoms with E-state index in [0.29, 0.717) is 25.5 Å². The summed E-state index contributed by atoms with van der Waals surface area (Å²) in [5.41, 5.74) is 2.19. The summed E-state index contributed by atoms with van der Waals surface area (Å²) in [4.78, 5) is 14.5. The summed E-state index contributed by atoms with van der Waals surface area (Å²) < 4.78 is 13.1. The molecule has 2 aromatic heterocycles. The number of nitrogens with zero attached hydrogens (tertiary/aromatic N) is 3. The molecule has 1 aliphatic heterocycles. The summed E-state index contributed by atoms with van der Waals surface area (Å²) in [6, 6.07) is 3.46. The Hall–Kier alpha value is -2.08. The molecule has 0 radical (unpaired) electrons. The lowest BCUT2D eigenvalue weighted by molar-refractivity contribution is 0.0598. The van der Waals surface area contributed by atoms with Crippen molar-refractivity contribution >= 4 is 5.91 Å². The lowest BCUT2D eigenvalue weighted by atomic mass is 9.97. The van der Waals surface area contributed by atoms with Crippen LogP contribution >= 0.6 is 0 Å². The first-order valence-electron chi connectivity index (χ1n) is 8.71. The van der Waals surface area contributed by atoms with Gasteiger partial charge in [-0.2, -0.15) is 5.10 Å². The molecule has 0 bridgehead atoms. The number of rotatable bonds is 6. The van der Waals surface area contributed by atoms with Crippen LogP contribution in [0.5, 0.6) is 0 Å². The summed E-state index contributed by atoms with van der Waals surface area (Å²) in [5.74, 6) is 1.18. The number of carbonyl (C=O) groups is 1. The second-order valence-electron chi connectivity index (χ2n) is 6.74. The maximum Gasteiger partial charge on any atom is 0.289 e. The van der Waals surface area contributed by atoms with E-state index in [1.54, 1.807) is 12.1 Å². The van der Waals surface area contributed by atoms with E-state index in [1.165, 1.54) is 19.1 Å². The molecule has 1 aliphatic carbocycles. The van der Waals surface area contributed by atoms with E-state index in [0.717, 1.165) is 30.3 Å². The quantitative estimate of drug-likeness (QED) is 0.817. The first-order valence-corrected chi connectivity index (χ1v) is 8.71. The number of ether oxygens (including phenoxy) is 1. The highest BCUT2D eigenvalue weighted by Crippen LogP contribution is 2.31. The van der Waals surface area contributed by atoms with Gasteiger partial charge in [0.1, 0.15) is 0 Å². The maximum atomic E-state index is 12.6. The third kappa shape index (κ3) is 3.11. The molecule has 1 atom stereocenters. The zero-order valence-corrected chi connectivity index (χ0v) is 14.0. The molecule has 4 rings (SSSR count). The summed E-state index contributed by atoms with van der Waals surface area (Å²) in [6.45, 7) is 5.54. The highest BCUT2D eigenvalue weighted by atomic mass is 16.5. The number of hydrogen-bond donors (Lipinski definition) is 0. The van der Waals surface area contributed by atoms with Gasteiger partial charge in [0.15, 0.2) is 5.76 Å². The van der Waals surface area contributed by atoms with Gasteiger partial charge >= 0.3 is 0 Å². The van der Waals surface area contributed by atoms with Gasteiger partial charge in [-0.3, -0.25) is 9.48 Å². The van der Waals surface area contributed by atoms with Crippen LogP contribution in [0.1, 0.15) is 47.5 Å². The van der Waals surface area contributed by atoms with Crippen molar-refractivity contribution < 1.29 is 13.9 Å². The van der Waals surface area contributed by atoms with E-state index in [9.17, 15) is 4.79 Å². The molecule has 0 spiro atoms. The van der Waals surface area contributed by atoms with Crippen molar-refractivity contribution in [2.24, 2.45) is 5.92 Å². The fourth-order valence-corrected chi connectivity index (χ4v) is 3.23. The van der Waals surface area contributed by atoms with Crippen LogP contribution in [0.2, 0.25) is 0 Å². The molecule has 1 amide bonds. The predicted molar refractivity (Wildman–Crippen MR) is 87.6 cm³/mol. The first kappa shape index (κ1) is 15.4. The second-order valence-corrected chi connectivity index (χ2v) is 6.74. The minimum absolute atomic E-state index is 0.0675. The molecule has 2 aromatic rings. The average Bonchev–Trinajstić information content (AvgIpc) is 3.11. The Labute approximate surface area is 141 Å². The summed E-state index contributed by atoms with van der Waals surface area (Å²) >= 11 is 0. The molecule has 6 heteroatoms. The number of fused-ring (bicyclic) bond motifs is 1. The summed E-state index contributed by atoms with van der Waals surface area (Å²) in [7, 11) is 0. The van der Waals surface area contributed by atoms with Crippen LogP contribution in [-0.2, 0) is 17.8 Å². The van der Waals surface area contributed by atoms with Crippen LogP contribution in [0, 0.1) is 5.92 Å². The number of amides is 1.